The Kier molecular flexibility index (Phi) is 5.43. The molecule has 0 aliphatic heterocycles. The summed E-state index contributed by atoms with van der Waals surface area (Å²) in [6.07, 6.45) is 2.17. The zero-order chi connectivity index (χ0) is 12.7. The van der Waals surface area contributed by atoms with E-state index in [1.54, 1.807) is 0 Å². The van der Waals surface area contributed by atoms with Crippen LogP contribution < -0.4 is 5.32 Å². The van der Waals surface area contributed by atoms with Gasteiger partial charge in [-0.05, 0) is 25.8 Å². The molecule has 1 aromatic carbocycles. The first-order chi connectivity index (χ1) is 8.11. The van der Waals surface area contributed by atoms with Gasteiger partial charge in [-0.2, -0.15) is 0 Å². The molecule has 92 valence electrons. The van der Waals surface area contributed by atoms with Gasteiger partial charge in [0, 0.05) is 6.08 Å². The topological polar surface area (TPSA) is 49.3 Å². The molecule has 1 aromatic rings. The van der Waals surface area contributed by atoms with Crippen molar-refractivity contribution in [2.45, 2.75) is 26.3 Å². The molecule has 0 radical (unpaired) electrons. The Morgan fingerprint density at radius 3 is 2.53 bits per heavy atom. The zero-order valence-electron chi connectivity index (χ0n) is 10.3. The van der Waals surface area contributed by atoms with E-state index < -0.39 is 0 Å². The van der Waals surface area contributed by atoms with E-state index in [-0.39, 0.29) is 18.6 Å². The van der Waals surface area contributed by atoms with Gasteiger partial charge in [-0.3, -0.25) is 4.79 Å². The molecule has 17 heavy (non-hydrogen) atoms. The maximum atomic E-state index is 11.5. The van der Waals surface area contributed by atoms with E-state index in [4.69, 9.17) is 0 Å². The molecule has 0 aliphatic rings. The molecule has 1 unspecified atom stereocenters. The minimum atomic E-state index is -0.236. The highest BCUT2D eigenvalue weighted by Gasteiger charge is 2.10. The molecular weight excluding hydrogens is 214 g/mol. The fraction of sp³-hybridized carbons (Fsp3) is 0.357. The largest absolute Gasteiger partial charge is 0.394 e. The first kappa shape index (κ1) is 13.5. The van der Waals surface area contributed by atoms with Crippen molar-refractivity contribution in [2.75, 3.05) is 6.61 Å². The summed E-state index contributed by atoms with van der Waals surface area (Å²) in [4.78, 5) is 11.5. The average Bonchev–Trinajstić information content (AvgIpc) is 2.28. The quantitative estimate of drug-likeness (QED) is 0.760. The van der Waals surface area contributed by atoms with Gasteiger partial charge >= 0.3 is 0 Å². The Morgan fingerprint density at radius 2 is 2.00 bits per heavy atom. The van der Waals surface area contributed by atoms with Crippen LogP contribution in [0.5, 0.6) is 0 Å². The number of nitrogens with one attached hydrogen (secondary N) is 1. The van der Waals surface area contributed by atoms with Crippen molar-refractivity contribution in [3.63, 3.8) is 0 Å². The van der Waals surface area contributed by atoms with Crippen LogP contribution in [-0.4, -0.2) is 23.7 Å². The number of carbonyl (C=O) groups is 1. The van der Waals surface area contributed by atoms with Crippen LogP contribution in [0.1, 0.15) is 19.4 Å². The fourth-order valence-corrected chi connectivity index (χ4v) is 1.56. The normalized spacial score (nSPS) is 11.7. The molecule has 0 saturated carbocycles. The van der Waals surface area contributed by atoms with Gasteiger partial charge in [0.05, 0.1) is 12.6 Å². The lowest BCUT2D eigenvalue weighted by molar-refractivity contribution is -0.117. The molecular formula is C14H19NO2. The molecule has 0 heterocycles. The van der Waals surface area contributed by atoms with Crippen molar-refractivity contribution in [1.82, 2.24) is 5.32 Å². The Morgan fingerprint density at radius 1 is 1.35 bits per heavy atom. The molecule has 0 spiro atoms. The second-order valence-electron chi connectivity index (χ2n) is 4.30. The van der Waals surface area contributed by atoms with Crippen LogP contribution in [0, 0.1) is 0 Å². The zero-order valence-corrected chi connectivity index (χ0v) is 10.3. The van der Waals surface area contributed by atoms with Crippen LogP contribution in [0.25, 0.3) is 0 Å². The third-order valence-electron chi connectivity index (χ3n) is 2.31. The summed E-state index contributed by atoms with van der Waals surface area (Å²) in [6.45, 7) is 3.67. The van der Waals surface area contributed by atoms with Gasteiger partial charge in [-0.25, -0.2) is 0 Å². The molecule has 1 amide bonds. The van der Waals surface area contributed by atoms with Gasteiger partial charge in [0.1, 0.15) is 0 Å². The number of rotatable bonds is 5. The van der Waals surface area contributed by atoms with Crippen molar-refractivity contribution in [2.24, 2.45) is 0 Å². The predicted octanol–water partition coefficient (Wildman–Crippen LogP) is 1.67. The maximum absolute atomic E-state index is 11.5. The molecule has 0 bridgehead atoms. The third kappa shape index (κ3) is 5.31. The molecule has 1 rings (SSSR count). The summed E-state index contributed by atoms with van der Waals surface area (Å²) < 4.78 is 0. The molecule has 0 saturated heterocycles. The van der Waals surface area contributed by atoms with Crippen molar-refractivity contribution in [3.8, 4) is 0 Å². The monoisotopic (exact) mass is 233 g/mol. The third-order valence-corrected chi connectivity index (χ3v) is 2.31. The smallest absolute Gasteiger partial charge is 0.244 e. The van der Waals surface area contributed by atoms with Crippen LogP contribution in [0.4, 0.5) is 0 Å². The Balaban J connectivity index is 2.55. The van der Waals surface area contributed by atoms with Gasteiger partial charge in [-0.1, -0.05) is 35.9 Å². The van der Waals surface area contributed by atoms with E-state index >= 15 is 0 Å². The fourth-order valence-electron chi connectivity index (χ4n) is 1.56. The summed E-state index contributed by atoms with van der Waals surface area (Å²) in [5.74, 6) is -0.153. The van der Waals surface area contributed by atoms with Gasteiger partial charge in [0.15, 0.2) is 0 Å². The number of aliphatic hydroxyl groups is 1. The van der Waals surface area contributed by atoms with E-state index in [1.807, 2.05) is 44.2 Å². The van der Waals surface area contributed by atoms with E-state index in [1.165, 1.54) is 6.08 Å². The van der Waals surface area contributed by atoms with Crippen molar-refractivity contribution < 1.29 is 9.90 Å². The number of aliphatic hydroxyl groups excluding tert-OH is 1. The SMILES string of the molecule is CC(C)=CC(=O)NC(CO)Cc1ccccc1. The molecule has 0 aromatic heterocycles. The van der Waals surface area contributed by atoms with E-state index in [0.29, 0.717) is 6.42 Å². The minimum absolute atomic E-state index is 0.0583. The highest BCUT2D eigenvalue weighted by atomic mass is 16.3. The van der Waals surface area contributed by atoms with Gasteiger partial charge in [-0.15, -0.1) is 0 Å². The average molecular weight is 233 g/mol. The number of benzene rings is 1. The van der Waals surface area contributed by atoms with Crippen molar-refractivity contribution >= 4 is 5.91 Å². The number of amides is 1. The Hall–Kier alpha value is -1.61. The van der Waals surface area contributed by atoms with Gasteiger partial charge < -0.3 is 10.4 Å². The lowest BCUT2D eigenvalue weighted by Gasteiger charge is -2.15. The molecule has 3 heteroatoms. The van der Waals surface area contributed by atoms with Crippen molar-refractivity contribution in [3.05, 3.63) is 47.5 Å². The van der Waals surface area contributed by atoms with Gasteiger partial charge in [0.2, 0.25) is 5.91 Å². The second kappa shape index (κ2) is 6.86. The molecule has 0 aliphatic carbocycles. The summed E-state index contributed by atoms with van der Waals surface area (Å²) >= 11 is 0. The maximum Gasteiger partial charge on any atom is 0.244 e. The first-order valence-electron chi connectivity index (χ1n) is 5.72. The van der Waals surface area contributed by atoms with E-state index in [2.05, 4.69) is 5.32 Å². The van der Waals surface area contributed by atoms with Crippen LogP contribution >= 0.6 is 0 Å². The standard InChI is InChI=1S/C14H19NO2/c1-11(2)8-14(17)15-13(10-16)9-12-6-4-3-5-7-12/h3-8,13,16H,9-10H2,1-2H3,(H,15,17). The summed E-state index contributed by atoms with van der Waals surface area (Å²) in [6, 6.07) is 9.56. The predicted molar refractivity (Wildman–Crippen MR) is 68.6 cm³/mol. The van der Waals surface area contributed by atoms with Crippen LogP contribution in [0.3, 0.4) is 0 Å². The Bertz CT molecular complexity index is 380. The van der Waals surface area contributed by atoms with E-state index in [0.717, 1.165) is 11.1 Å². The summed E-state index contributed by atoms with van der Waals surface area (Å²) in [7, 11) is 0. The van der Waals surface area contributed by atoms with Crippen LogP contribution in [0.2, 0.25) is 0 Å². The number of allylic oxidation sites excluding steroid dienone is 1. The van der Waals surface area contributed by atoms with Crippen LogP contribution in [0.15, 0.2) is 42.0 Å². The highest BCUT2D eigenvalue weighted by Crippen LogP contribution is 2.03. The van der Waals surface area contributed by atoms with Crippen molar-refractivity contribution in [1.29, 1.82) is 0 Å². The Labute approximate surface area is 102 Å². The molecule has 0 fully saturated rings. The molecule has 1 atom stereocenters. The lowest BCUT2D eigenvalue weighted by atomic mass is 10.1. The second-order valence-corrected chi connectivity index (χ2v) is 4.30. The van der Waals surface area contributed by atoms with Gasteiger partial charge in [0.25, 0.3) is 0 Å². The molecule has 3 nitrogen and oxygen atoms in total. The summed E-state index contributed by atoms with van der Waals surface area (Å²) in [5, 5.41) is 12.0. The minimum Gasteiger partial charge on any atom is -0.394 e. The summed E-state index contributed by atoms with van der Waals surface area (Å²) in [5.41, 5.74) is 2.04. The number of hydrogen-bond acceptors (Lipinski definition) is 2. The molecule has 2 N–H and O–H groups in total. The number of carbonyl (C=O) groups excluding carboxylic acids is 1. The van der Waals surface area contributed by atoms with Crippen LogP contribution in [-0.2, 0) is 11.2 Å². The van der Waals surface area contributed by atoms with E-state index in [9.17, 15) is 9.90 Å². The lowest BCUT2D eigenvalue weighted by Crippen LogP contribution is -2.38. The first-order valence-corrected chi connectivity index (χ1v) is 5.72. The number of hydrogen-bond donors (Lipinski definition) is 2. The highest BCUT2D eigenvalue weighted by molar-refractivity contribution is 5.88.